The van der Waals surface area contributed by atoms with Crippen LogP contribution in [0, 0.1) is 0 Å². The van der Waals surface area contributed by atoms with Gasteiger partial charge in [0, 0.05) is 25.6 Å². The van der Waals surface area contributed by atoms with Crippen LogP contribution < -0.4 is 10.5 Å². The van der Waals surface area contributed by atoms with E-state index in [9.17, 15) is 0 Å². The summed E-state index contributed by atoms with van der Waals surface area (Å²) in [6.45, 7) is 5.17. The molecule has 0 amide bonds. The Morgan fingerprint density at radius 3 is 2.65 bits per heavy atom. The van der Waals surface area contributed by atoms with Gasteiger partial charge in [-0.15, -0.1) is 0 Å². The van der Waals surface area contributed by atoms with Crippen molar-refractivity contribution in [2.45, 2.75) is 32.4 Å². The van der Waals surface area contributed by atoms with Crippen LogP contribution in [0.2, 0.25) is 0 Å². The minimum atomic E-state index is -0.163. The highest BCUT2D eigenvalue weighted by atomic mass is 79.9. The van der Waals surface area contributed by atoms with Gasteiger partial charge >= 0.3 is 0 Å². The number of hydrogen-bond donors (Lipinski definition) is 1. The van der Waals surface area contributed by atoms with E-state index in [4.69, 9.17) is 15.2 Å². The fourth-order valence-electron chi connectivity index (χ4n) is 1.38. The second-order valence-electron chi connectivity index (χ2n) is 4.49. The lowest BCUT2D eigenvalue weighted by atomic mass is 10.1. The molecule has 0 atom stereocenters. The molecule has 1 aromatic carbocycles. The SMILES string of the molecule is COC(C)(C)CCOc1c(Br)cccc1CN. The number of nitrogens with two attached hydrogens (primary N) is 1. The van der Waals surface area contributed by atoms with Crippen molar-refractivity contribution in [1.29, 1.82) is 0 Å². The van der Waals surface area contributed by atoms with Gasteiger partial charge < -0.3 is 15.2 Å². The van der Waals surface area contributed by atoms with Crippen molar-refractivity contribution >= 4 is 15.9 Å². The third-order valence-electron chi connectivity index (χ3n) is 2.77. The zero-order valence-electron chi connectivity index (χ0n) is 10.6. The van der Waals surface area contributed by atoms with Gasteiger partial charge in [-0.05, 0) is 35.8 Å². The summed E-state index contributed by atoms with van der Waals surface area (Å²) in [5, 5.41) is 0. The molecule has 0 unspecified atom stereocenters. The van der Waals surface area contributed by atoms with E-state index in [2.05, 4.69) is 15.9 Å². The Labute approximate surface area is 111 Å². The van der Waals surface area contributed by atoms with Crippen molar-refractivity contribution in [3.63, 3.8) is 0 Å². The van der Waals surface area contributed by atoms with Gasteiger partial charge in [-0.1, -0.05) is 12.1 Å². The molecule has 1 rings (SSSR count). The molecule has 0 heterocycles. The topological polar surface area (TPSA) is 44.5 Å². The van der Waals surface area contributed by atoms with Crippen molar-refractivity contribution in [2.24, 2.45) is 5.73 Å². The summed E-state index contributed by atoms with van der Waals surface area (Å²) in [7, 11) is 1.71. The van der Waals surface area contributed by atoms with Crippen molar-refractivity contribution in [3.8, 4) is 5.75 Å². The van der Waals surface area contributed by atoms with Gasteiger partial charge in [0.15, 0.2) is 0 Å². The van der Waals surface area contributed by atoms with Crippen LogP contribution in [-0.4, -0.2) is 19.3 Å². The van der Waals surface area contributed by atoms with Gasteiger partial charge in [-0.25, -0.2) is 0 Å². The molecule has 0 bridgehead atoms. The van der Waals surface area contributed by atoms with Crippen LogP contribution in [0.5, 0.6) is 5.75 Å². The minimum absolute atomic E-state index is 0.163. The summed E-state index contributed by atoms with van der Waals surface area (Å²) in [5.74, 6) is 0.835. The quantitative estimate of drug-likeness (QED) is 0.878. The van der Waals surface area contributed by atoms with Crippen molar-refractivity contribution < 1.29 is 9.47 Å². The Morgan fingerprint density at radius 1 is 1.35 bits per heavy atom. The van der Waals surface area contributed by atoms with Gasteiger partial charge in [0.2, 0.25) is 0 Å². The van der Waals surface area contributed by atoms with Gasteiger partial charge in [0.1, 0.15) is 5.75 Å². The summed E-state index contributed by atoms with van der Waals surface area (Å²) in [6, 6.07) is 5.88. The zero-order chi connectivity index (χ0) is 12.9. The Balaban J connectivity index is 2.63. The number of halogens is 1. The number of ether oxygens (including phenoxy) is 2. The van der Waals surface area contributed by atoms with Crippen LogP contribution in [0.3, 0.4) is 0 Å². The summed E-state index contributed by atoms with van der Waals surface area (Å²) in [5.41, 5.74) is 6.52. The first-order chi connectivity index (χ1) is 8.00. The summed E-state index contributed by atoms with van der Waals surface area (Å²) in [4.78, 5) is 0. The lowest BCUT2D eigenvalue weighted by Crippen LogP contribution is -2.25. The predicted octanol–water partition coefficient (Wildman–Crippen LogP) is 3.10. The molecule has 2 N–H and O–H groups in total. The molecule has 0 aliphatic rings. The molecule has 96 valence electrons. The standard InChI is InChI=1S/C13H20BrNO2/c1-13(2,16-3)7-8-17-12-10(9-15)5-4-6-11(12)14/h4-6H,7-9,15H2,1-3H3. The van der Waals surface area contributed by atoms with Crippen LogP contribution in [0.15, 0.2) is 22.7 Å². The van der Waals surface area contributed by atoms with Gasteiger partial charge in [-0.2, -0.15) is 0 Å². The maximum Gasteiger partial charge on any atom is 0.137 e. The maximum absolute atomic E-state index is 5.79. The van der Waals surface area contributed by atoms with Gasteiger partial charge in [0.25, 0.3) is 0 Å². The Kier molecular flexibility index (Phi) is 5.43. The average Bonchev–Trinajstić information content (AvgIpc) is 2.31. The molecule has 0 aromatic heterocycles. The van der Waals surface area contributed by atoms with E-state index in [1.54, 1.807) is 7.11 Å². The molecule has 0 saturated carbocycles. The number of methoxy groups -OCH3 is 1. The van der Waals surface area contributed by atoms with Gasteiger partial charge in [-0.3, -0.25) is 0 Å². The fourth-order valence-corrected chi connectivity index (χ4v) is 1.90. The monoisotopic (exact) mass is 301 g/mol. The van der Waals surface area contributed by atoms with Crippen molar-refractivity contribution in [1.82, 2.24) is 0 Å². The van der Waals surface area contributed by atoms with E-state index >= 15 is 0 Å². The number of rotatable bonds is 6. The molecule has 0 spiro atoms. The second kappa shape index (κ2) is 6.38. The Morgan fingerprint density at radius 2 is 2.06 bits per heavy atom. The number of benzene rings is 1. The molecular formula is C13H20BrNO2. The summed E-state index contributed by atoms with van der Waals surface area (Å²) >= 11 is 3.47. The van der Waals surface area contributed by atoms with E-state index in [0.29, 0.717) is 13.2 Å². The molecule has 0 fully saturated rings. The third kappa shape index (κ3) is 4.30. The molecule has 0 saturated heterocycles. The highest BCUT2D eigenvalue weighted by Gasteiger charge is 2.16. The molecule has 0 aliphatic heterocycles. The molecule has 0 aliphatic carbocycles. The third-order valence-corrected chi connectivity index (χ3v) is 3.40. The summed E-state index contributed by atoms with van der Waals surface area (Å²) in [6.07, 6.45) is 0.828. The number of hydrogen-bond acceptors (Lipinski definition) is 3. The minimum Gasteiger partial charge on any atom is -0.492 e. The molecular weight excluding hydrogens is 282 g/mol. The normalized spacial score (nSPS) is 11.6. The molecule has 0 radical (unpaired) electrons. The van der Waals surface area contributed by atoms with Crippen LogP contribution >= 0.6 is 15.9 Å². The van der Waals surface area contributed by atoms with Crippen LogP contribution in [-0.2, 0) is 11.3 Å². The lowest BCUT2D eigenvalue weighted by Gasteiger charge is -2.23. The highest BCUT2D eigenvalue weighted by molar-refractivity contribution is 9.10. The predicted molar refractivity (Wildman–Crippen MR) is 73.2 cm³/mol. The largest absolute Gasteiger partial charge is 0.492 e. The van der Waals surface area contributed by atoms with Crippen molar-refractivity contribution in [2.75, 3.05) is 13.7 Å². The first kappa shape index (κ1) is 14.5. The molecule has 17 heavy (non-hydrogen) atoms. The van der Waals surface area contributed by atoms with Crippen LogP contribution in [0.4, 0.5) is 0 Å². The Bertz CT molecular complexity index is 366. The summed E-state index contributed by atoms with van der Waals surface area (Å²) < 4.78 is 12.1. The van der Waals surface area contributed by atoms with Crippen LogP contribution in [0.1, 0.15) is 25.8 Å². The molecule has 3 nitrogen and oxygen atoms in total. The smallest absolute Gasteiger partial charge is 0.137 e. The zero-order valence-corrected chi connectivity index (χ0v) is 12.2. The fraction of sp³-hybridized carbons (Fsp3) is 0.538. The maximum atomic E-state index is 5.79. The van der Waals surface area contributed by atoms with Crippen LogP contribution in [0.25, 0.3) is 0 Å². The first-order valence-electron chi connectivity index (χ1n) is 5.65. The van der Waals surface area contributed by atoms with E-state index in [0.717, 1.165) is 22.2 Å². The molecule has 1 aromatic rings. The molecule has 4 heteroatoms. The van der Waals surface area contributed by atoms with Crippen molar-refractivity contribution in [3.05, 3.63) is 28.2 Å². The first-order valence-corrected chi connectivity index (χ1v) is 6.45. The lowest BCUT2D eigenvalue weighted by molar-refractivity contribution is 0.00532. The highest BCUT2D eigenvalue weighted by Crippen LogP contribution is 2.29. The van der Waals surface area contributed by atoms with E-state index in [1.165, 1.54) is 0 Å². The van der Waals surface area contributed by atoms with E-state index < -0.39 is 0 Å². The second-order valence-corrected chi connectivity index (χ2v) is 5.35. The number of para-hydroxylation sites is 1. The average molecular weight is 302 g/mol. The van der Waals surface area contributed by atoms with Gasteiger partial charge in [0.05, 0.1) is 16.7 Å². The van der Waals surface area contributed by atoms with E-state index in [1.807, 2.05) is 32.0 Å². The van der Waals surface area contributed by atoms with E-state index in [-0.39, 0.29) is 5.60 Å². The Hall–Kier alpha value is -0.580.